The molecule has 0 saturated carbocycles. The van der Waals surface area contributed by atoms with E-state index in [1.807, 2.05) is 0 Å². The fraction of sp³-hybridized carbons (Fsp3) is 0.391. The highest BCUT2D eigenvalue weighted by atomic mass is 19.1. The molecule has 0 aliphatic heterocycles. The zero-order valence-electron chi connectivity index (χ0n) is 17.5. The minimum absolute atomic E-state index is 0.00790. The van der Waals surface area contributed by atoms with Crippen molar-refractivity contribution in [1.82, 2.24) is 5.32 Å². The van der Waals surface area contributed by atoms with Crippen LogP contribution in [0.3, 0.4) is 0 Å². The molecule has 7 heteroatoms. The molecule has 0 amide bonds. The Kier molecular flexibility index (Phi) is 8.50. The van der Waals surface area contributed by atoms with Gasteiger partial charge in [0, 0.05) is 6.54 Å². The second-order valence-electron chi connectivity index (χ2n) is 7.87. The molecule has 0 aliphatic carbocycles. The van der Waals surface area contributed by atoms with Crippen LogP contribution in [0, 0.1) is 5.82 Å². The molecular formula is C23H28FNO5. The summed E-state index contributed by atoms with van der Waals surface area (Å²) in [6.07, 6.45) is -0.524. The number of aliphatic hydroxyl groups excluding tert-OH is 1. The second-order valence-corrected chi connectivity index (χ2v) is 7.87. The third-order valence-electron chi connectivity index (χ3n) is 4.08. The van der Waals surface area contributed by atoms with Gasteiger partial charge in [-0.3, -0.25) is 9.59 Å². The number of ether oxygens (including phenoxy) is 2. The van der Waals surface area contributed by atoms with Crippen molar-refractivity contribution >= 4 is 11.9 Å². The van der Waals surface area contributed by atoms with Gasteiger partial charge in [0.25, 0.3) is 0 Å². The molecule has 1 unspecified atom stereocenters. The summed E-state index contributed by atoms with van der Waals surface area (Å²) in [4.78, 5) is 23.6. The number of aliphatic hydroxyl groups is 1. The van der Waals surface area contributed by atoms with Gasteiger partial charge in [0.1, 0.15) is 17.2 Å². The Morgan fingerprint density at radius 2 is 1.73 bits per heavy atom. The second kappa shape index (κ2) is 10.8. The number of carbonyl (C=O) groups excluding carboxylic acids is 2. The number of hydrogen-bond donors (Lipinski definition) is 2. The molecule has 162 valence electrons. The Morgan fingerprint density at radius 3 is 2.37 bits per heavy atom. The van der Waals surface area contributed by atoms with E-state index in [1.54, 1.807) is 63.2 Å². The lowest BCUT2D eigenvalue weighted by Gasteiger charge is -2.20. The molecule has 0 saturated heterocycles. The molecule has 1 atom stereocenters. The zero-order valence-corrected chi connectivity index (χ0v) is 17.5. The molecule has 2 N–H and O–H groups in total. The lowest BCUT2D eigenvalue weighted by Crippen LogP contribution is -2.33. The molecule has 0 radical (unpaired) electrons. The number of benzene rings is 2. The monoisotopic (exact) mass is 417 g/mol. The van der Waals surface area contributed by atoms with E-state index in [0.717, 1.165) is 0 Å². The molecule has 2 aromatic rings. The summed E-state index contributed by atoms with van der Waals surface area (Å²) in [5, 5.41) is 13.1. The van der Waals surface area contributed by atoms with Crippen molar-refractivity contribution < 1.29 is 28.6 Å². The minimum atomic E-state index is -0.835. The van der Waals surface area contributed by atoms with Crippen LogP contribution in [0.2, 0.25) is 0 Å². The number of hydrogen-bond acceptors (Lipinski definition) is 6. The van der Waals surface area contributed by atoms with Gasteiger partial charge in [-0.15, -0.1) is 0 Å². The molecule has 0 spiro atoms. The summed E-state index contributed by atoms with van der Waals surface area (Å²) < 4.78 is 24.0. The maximum atomic E-state index is 13.6. The van der Waals surface area contributed by atoms with Gasteiger partial charge in [-0.25, -0.2) is 4.39 Å². The highest BCUT2D eigenvalue weighted by Gasteiger charge is 2.16. The molecule has 0 bridgehead atoms. The van der Waals surface area contributed by atoms with Gasteiger partial charge in [0.05, 0.1) is 19.1 Å². The Balaban J connectivity index is 1.76. The van der Waals surface area contributed by atoms with Gasteiger partial charge >= 0.3 is 11.9 Å². The van der Waals surface area contributed by atoms with Crippen LogP contribution < -0.4 is 10.1 Å². The summed E-state index contributed by atoms with van der Waals surface area (Å²) in [6.45, 7) is 5.52. The average molecular weight is 417 g/mol. The van der Waals surface area contributed by atoms with Crippen molar-refractivity contribution in [2.24, 2.45) is 0 Å². The third-order valence-corrected chi connectivity index (χ3v) is 4.08. The topological polar surface area (TPSA) is 84.9 Å². The smallest absolute Gasteiger partial charge is 0.320 e. The lowest BCUT2D eigenvalue weighted by molar-refractivity contribution is -0.153. The Morgan fingerprint density at radius 1 is 1.07 bits per heavy atom. The fourth-order valence-electron chi connectivity index (χ4n) is 2.68. The van der Waals surface area contributed by atoms with Crippen LogP contribution in [-0.2, 0) is 20.7 Å². The normalized spacial score (nSPS) is 12.3. The van der Waals surface area contributed by atoms with Crippen molar-refractivity contribution in [3.63, 3.8) is 0 Å². The van der Waals surface area contributed by atoms with Gasteiger partial charge in [-0.1, -0.05) is 30.3 Å². The highest BCUT2D eigenvalue weighted by molar-refractivity contribution is 5.73. The van der Waals surface area contributed by atoms with E-state index < -0.39 is 23.6 Å². The maximum Gasteiger partial charge on any atom is 0.320 e. The van der Waals surface area contributed by atoms with Crippen LogP contribution in [0.5, 0.6) is 5.75 Å². The number of carbonyl (C=O) groups is 2. The van der Waals surface area contributed by atoms with Crippen LogP contribution >= 0.6 is 0 Å². The first kappa shape index (κ1) is 23.5. The van der Waals surface area contributed by atoms with Gasteiger partial charge in [0.2, 0.25) is 0 Å². The molecule has 6 nitrogen and oxygen atoms in total. The number of esters is 2. The van der Waals surface area contributed by atoms with Crippen molar-refractivity contribution in [2.45, 2.75) is 45.3 Å². The number of halogens is 1. The Labute approximate surface area is 176 Å². The molecule has 0 aromatic heterocycles. The summed E-state index contributed by atoms with van der Waals surface area (Å²) in [5.41, 5.74) is 0.518. The molecule has 0 heterocycles. The molecule has 2 rings (SSSR count). The van der Waals surface area contributed by atoms with E-state index in [4.69, 9.17) is 9.47 Å². The van der Waals surface area contributed by atoms with Crippen molar-refractivity contribution in [1.29, 1.82) is 0 Å². The molecule has 0 fully saturated rings. The lowest BCUT2D eigenvalue weighted by atomic mass is 10.1. The minimum Gasteiger partial charge on any atom is -0.459 e. The van der Waals surface area contributed by atoms with Crippen molar-refractivity contribution in [3.05, 3.63) is 65.5 Å². The van der Waals surface area contributed by atoms with E-state index in [1.165, 1.54) is 6.07 Å². The first-order valence-corrected chi connectivity index (χ1v) is 9.79. The molecule has 0 aliphatic rings. The quantitative estimate of drug-likeness (QED) is 0.481. The standard InChI is InChI=1S/C23H28FNO5/c1-23(2,3)30-22(28)15-25-14-20(26)17-8-11-18(12-9-17)29-21(27)13-10-16-6-4-5-7-19(16)24/h4-9,11-12,20,25-26H,10,13-15H2,1-3H3. The maximum absolute atomic E-state index is 13.6. The van der Waals surface area contributed by atoms with E-state index in [-0.39, 0.29) is 31.7 Å². The zero-order chi connectivity index (χ0) is 22.1. The fourth-order valence-corrected chi connectivity index (χ4v) is 2.68. The average Bonchev–Trinajstić information content (AvgIpc) is 2.66. The number of nitrogens with one attached hydrogen (secondary N) is 1. The summed E-state index contributed by atoms with van der Waals surface area (Å²) >= 11 is 0. The van der Waals surface area contributed by atoms with E-state index in [9.17, 15) is 19.1 Å². The number of rotatable bonds is 9. The van der Waals surface area contributed by atoms with Crippen molar-refractivity contribution in [3.8, 4) is 5.75 Å². The van der Waals surface area contributed by atoms with Crippen LogP contribution in [0.4, 0.5) is 4.39 Å². The van der Waals surface area contributed by atoms with E-state index >= 15 is 0 Å². The van der Waals surface area contributed by atoms with Crippen LogP contribution in [0.25, 0.3) is 0 Å². The van der Waals surface area contributed by atoms with Crippen LogP contribution in [-0.4, -0.2) is 35.7 Å². The van der Waals surface area contributed by atoms with Gasteiger partial charge in [0.15, 0.2) is 0 Å². The predicted molar refractivity (Wildman–Crippen MR) is 110 cm³/mol. The predicted octanol–water partition coefficient (Wildman–Crippen LogP) is 3.33. The van der Waals surface area contributed by atoms with E-state index in [2.05, 4.69) is 5.32 Å². The Bertz CT molecular complexity index is 845. The van der Waals surface area contributed by atoms with E-state index in [0.29, 0.717) is 16.9 Å². The van der Waals surface area contributed by atoms with Gasteiger partial charge in [-0.2, -0.15) is 0 Å². The Hall–Kier alpha value is -2.77. The van der Waals surface area contributed by atoms with Crippen LogP contribution in [0.1, 0.15) is 44.4 Å². The molecule has 2 aromatic carbocycles. The summed E-state index contributed by atoms with van der Waals surface area (Å²) in [7, 11) is 0. The molecular weight excluding hydrogens is 389 g/mol. The van der Waals surface area contributed by atoms with Crippen LogP contribution in [0.15, 0.2) is 48.5 Å². The summed E-state index contributed by atoms with van der Waals surface area (Å²) in [5.74, 6) is -0.868. The first-order chi connectivity index (χ1) is 14.1. The SMILES string of the molecule is CC(C)(C)OC(=O)CNCC(O)c1ccc(OC(=O)CCc2ccccc2F)cc1. The molecule has 30 heavy (non-hydrogen) atoms. The van der Waals surface area contributed by atoms with Gasteiger partial charge < -0.3 is 19.9 Å². The van der Waals surface area contributed by atoms with Gasteiger partial charge in [-0.05, 0) is 56.5 Å². The largest absolute Gasteiger partial charge is 0.459 e. The first-order valence-electron chi connectivity index (χ1n) is 9.79. The highest BCUT2D eigenvalue weighted by Crippen LogP contribution is 2.18. The number of aryl methyl sites for hydroxylation is 1. The van der Waals surface area contributed by atoms with Crippen molar-refractivity contribution in [2.75, 3.05) is 13.1 Å². The summed E-state index contributed by atoms with van der Waals surface area (Å²) in [6, 6.07) is 12.7. The third kappa shape index (κ3) is 8.31.